The number of rotatable bonds is 0. The van der Waals surface area contributed by atoms with Crippen LogP contribution in [0.25, 0.3) is 0 Å². The summed E-state index contributed by atoms with van der Waals surface area (Å²) in [6.07, 6.45) is 1.95. The molecule has 0 aliphatic heterocycles. The van der Waals surface area contributed by atoms with Crippen molar-refractivity contribution in [2.75, 3.05) is 0 Å². The van der Waals surface area contributed by atoms with Gasteiger partial charge in [0.05, 0.1) is 0 Å². The van der Waals surface area contributed by atoms with E-state index in [0.29, 0.717) is 0 Å². The molecule has 0 unspecified atom stereocenters. The van der Waals surface area contributed by atoms with Crippen LogP contribution in [0.1, 0.15) is 0 Å². The average Bonchev–Trinajstić information content (AvgIpc) is 1.91. The molecule has 0 amide bonds. The number of oxazole rings is 1. The first-order valence-electron chi connectivity index (χ1n) is 1.48. The maximum absolute atomic E-state index is 11.8. The van der Waals surface area contributed by atoms with Crippen LogP contribution in [0.15, 0.2) is 9.02 Å². The third-order valence-corrected chi connectivity index (χ3v) is 0.930. The summed E-state index contributed by atoms with van der Waals surface area (Å²) < 4.78 is 15.8. The Morgan fingerprint density at radius 1 is 1.86 bits per heavy atom. The van der Waals surface area contributed by atoms with Crippen LogP contribution in [0.5, 0.6) is 0 Å². The zero-order chi connectivity index (χ0) is 5.28. The van der Waals surface area contributed by atoms with Gasteiger partial charge >= 0.3 is 6.01 Å². The minimum Gasteiger partial charge on any atom is -0.405 e. The molecule has 37 valence electrons. The quantitative estimate of drug-likeness (QED) is 0.580. The average molecular weight is 165 g/mol. The van der Waals surface area contributed by atoms with Gasteiger partial charge in [0.15, 0.2) is 4.60 Å². The smallest absolute Gasteiger partial charge is 0.313 e. The van der Waals surface area contributed by atoms with Crippen LogP contribution >= 0.6 is 15.9 Å². The lowest BCUT2D eigenvalue weighted by molar-refractivity contribution is 0.350. The summed E-state index contributed by atoms with van der Waals surface area (Å²) in [6, 6.07) is -0.736. The predicted molar refractivity (Wildman–Crippen MR) is 23.0 cm³/mol. The fourth-order valence-electron chi connectivity index (χ4n) is 0.189. The largest absolute Gasteiger partial charge is 0.405 e. The summed E-state index contributed by atoms with van der Waals surface area (Å²) >= 11 is 2.75. The van der Waals surface area contributed by atoms with E-state index >= 15 is 0 Å². The van der Waals surface area contributed by atoms with E-state index in [1.54, 1.807) is 0 Å². The Balaban J connectivity index is 3.12. The number of hydrogen-bond acceptors (Lipinski definition) is 2. The van der Waals surface area contributed by atoms with Crippen molar-refractivity contribution < 1.29 is 8.81 Å². The molecule has 0 aliphatic rings. The highest BCUT2D eigenvalue weighted by molar-refractivity contribution is 9.10. The topological polar surface area (TPSA) is 26.0 Å². The first-order valence-corrected chi connectivity index (χ1v) is 2.28. The number of hydrogen-bond donors (Lipinski definition) is 0. The van der Waals surface area contributed by atoms with Crippen molar-refractivity contribution in [3.05, 3.63) is 17.0 Å². The third-order valence-electron chi connectivity index (χ3n) is 0.441. The number of nitrogens with zero attached hydrogens (tertiary/aromatic N) is 1. The summed E-state index contributed by atoms with van der Waals surface area (Å²) in [6.45, 7) is 0. The van der Waals surface area contributed by atoms with Gasteiger partial charge in [-0.05, 0) is 15.9 Å². The first-order chi connectivity index (χ1) is 3.30. The Morgan fingerprint density at radius 2 is 2.57 bits per heavy atom. The molecular formula is C3BrFNO. The van der Waals surface area contributed by atoms with Gasteiger partial charge in [0.1, 0.15) is 0 Å². The molecule has 0 atom stereocenters. The van der Waals surface area contributed by atoms with E-state index in [0.717, 1.165) is 0 Å². The Hall–Kier alpha value is -0.380. The molecule has 0 fully saturated rings. The van der Waals surface area contributed by atoms with E-state index in [2.05, 4.69) is 25.3 Å². The number of halogens is 2. The van der Waals surface area contributed by atoms with Crippen molar-refractivity contribution in [1.29, 1.82) is 0 Å². The summed E-state index contributed by atoms with van der Waals surface area (Å²) in [5, 5.41) is 0. The van der Waals surface area contributed by atoms with Crippen molar-refractivity contribution in [3.63, 3.8) is 0 Å². The Labute approximate surface area is 47.5 Å². The van der Waals surface area contributed by atoms with Crippen LogP contribution in [-0.4, -0.2) is 4.98 Å². The molecule has 1 aromatic heterocycles. The molecule has 1 heterocycles. The second-order valence-electron chi connectivity index (χ2n) is 0.870. The zero-order valence-electron chi connectivity index (χ0n) is 3.11. The Bertz CT molecular complexity index is 147. The maximum Gasteiger partial charge on any atom is 0.313 e. The molecule has 1 radical (unpaired) electrons. The molecule has 0 aromatic carbocycles. The summed E-state index contributed by atoms with van der Waals surface area (Å²) in [5.74, 6) is 0. The van der Waals surface area contributed by atoms with Crippen LogP contribution in [0.4, 0.5) is 4.39 Å². The number of aromatic nitrogens is 1. The molecule has 0 N–H and O–H groups in total. The first kappa shape index (κ1) is 4.77. The molecule has 1 aromatic rings. The van der Waals surface area contributed by atoms with Crippen LogP contribution < -0.4 is 0 Å². The van der Waals surface area contributed by atoms with Gasteiger partial charge in [-0.15, -0.1) is 0 Å². The molecule has 7 heavy (non-hydrogen) atoms. The summed E-state index contributed by atoms with van der Waals surface area (Å²) in [5.41, 5.74) is 0. The van der Waals surface area contributed by atoms with E-state index in [-0.39, 0.29) is 4.60 Å². The predicted octanol–water partition coefficient (Wildman–Crippen LogP) is 1.38. The van der Waals surface area contributed by atoms with Crippen molar-refractivity contribution in [1.82, 2.24) is 4.98 Å². The molecule has 0 bridgehead atoms. The summed E-state index contributed by atoms with van der Waals surface area (Å²) in [7, 11) is 0. The van der Waals surface area contributed by atoms with Crippen LogP contribution in [0.3, 0.4) is 0 Å². The standard InChI is InChI=1S/C3BrFNO/c4-2-3(5)7-1-6-2. The second-order valence-corrected chi connectivity index (χ2v) is 1.62. The van der Waals surface area contributed by atoms with Gasteiger partial charge in [-0.25, -0.2) is 0 Å². The van der Waals surface area contributed by atoms with E-state index in [1.165, 1.54) is 0 Å². The fraction of sp³-hybridized carbons (Fsp3) is 0. The van der Waals surface area contributed by atoms with E-state index in [4.69, 9.17) is 0 Å². The third kappa shape index (κ3) is 0.796. The van der Waals surface area contributed by atoms with Gasteiger partial charge in [-0.1, -0.05) is 0 Å². The van der Waals surface area contributed by atoms with Crippen molar-refractivity contribution in [2.24, 2.45) is 0 Å². The highest BCUT2D eigenvalue weighted by atomic mass is 79.9. The molecule has 1 rings (SSSR count). The lowest BCUT2D eigenvalue weighted by atomic mass is 10.9. The highest BCUT2D eigenvalue weighted by Gasteiger charge is 1.99. The minimum absolute atomic E-state index is 0.0625. The van der Waals surface area contributed by atoms with E-state index < -0.39 is 6.01 Å². The van der Waals surface area contributed by atoms with Crippen molar-refractivity contribution in [2.45, 2.75) is 0 Å². The fourth-order valence-corrected chi connectivity index (χ4v) is 0.342. The molecule has 0 spiro atoms. The van der Waals surface area contributed by atoms with E-state index in [1.807, 2.05) is 6.39 Å². The van der Waals surface area contributed by atoms with Crippen molar-refractivity contribution >= 4 is 15.9 Å². The Kier molecular flexibility index (Phi) is 1.10. The van der Waals surface area contributed by atoms with E-state index in [9.17, 15) is 4.39 Å². The van der Waals surface area contributed by atoms with Gasteiger partial charge < -0.3 is 4.42 Å². The minimum atomic E-state index is -0.736. The van der Waals surface area contributed by atoms with Gasteiger partial charge in [0, 0.05) is 0 Å². The molecule has 0 saturated heterocycles. The van der Waals surface area contributed by atoms with Gasteiger partial charge in [0.25, 0.3) is 6.39 Å². The monoisotopic (exact) mass is 164 g/mol. The van der Waals surface area contributed by atoms with Crippen LogP contribution in [0, 0.1) is 12.4 Å². The maximum atomic E-state index is 11.8. The van der Waals surface area contributed by atoms with Gasteiger partial charge in [0.2, 0.25) is 0 Å². The van der Waals surface area contributed by atoms with Gasteiger partial charge in [-0.2, -0.15) is 9.37 Å². The second kappa shape index (κ2) is 1.61. The molecular weight excluding hydrogens is 165 g/mol. The normalized spacial score (nSPS) is 9.43. The molecule has 2 nitrogen and oxygen atoms in total. The highest BCUT2D eigenvalue weighted by Crippen LogP contribution is 2.09. The zero-order valence-corrected chi connectivity index (χ0v) is 4.70. The van der Waals surface area contributed by atoms with Crippen LogP contribution in [-0.2, 0) is 0 Å². The Morgan fingerprint density at radius 3 is 2.71 bits per heavy atom. The van der Waals surface area contributed by atoms with Crippen molar-refractivity contribution in [3.8, 4) is 0 Å². The van der Waals surface area contributed by atoms with Crippen LogP contribution in [0.2, 0.25) is 0 Å². The lowest BCUT2D eigenvalue weighted by Gasteiger charge is -1.68. The molecule has 0 aliphatic carbocycles. The lowest BCUT2D eigenvalue weighted by Crippen LogP contribution is -1.62. The summed E-state index contributed by atoms with van der Waals surface area (Å²) in [4.78, 5) is 3.27. The molecule has 4 heteroatoms. The SMILES string of the molecule is Fc1o[c]nc1Br. The van der Waals surface area contributed by atoms with Gasteiger partial charge in [-0.3, -0.25) is 0 Å². The molecule has 0 saturated carbocycles.